The highest BCUT2D eigenvalue weighted by Gasteiger charge is 2.31. The summed E-state index contributed by atoms with van der Waals surface area (Å²) in [4.78, 5) is 0. The maximum absolute atomic E-state index is 12.0. The maximum atomic E-state index is 12.0. The van der Waals surface area contributed by atoms with E-state index in [0.717, 1.165) is 6.08 Å². The minimum absolute atomic E-state index is 0.511. The molecule has 0 fully saturated rings. The van der Waals surface area contributed by atoms with E-state index >= 15 is 0 Å². The van der Waals surface area contributed by atoms with Gasteiger partial charge in [0.15, 0.2) is 0 Å². The van der Waals surface area contributed by atoms with Gasteiger partial charge < -0.3 is 10.5 Å². The number of halogens is 3. The third-order valence-corrected chi connectivity index (χ3v) is 1.11. The van der Waals surface area contributed by atoms with Crippen molar-refractivity contribution < 1.29 is 17.9 Å². The van der Waals surface area contributed by atoms with Gasteiger partial charge in [-0.05, 0) is 12.2 Å². The van der Waals surface area contributed by atoms with Crippen molar-refractivity contribution in [2.75, 3.05) is 7.11 Å². The van der Waals surface area contributed by atoms with Crippen LogP contribution in [0.2, 0.25) is 0 Å². The summed E-state index contributed by atoms with van der Waals surface area (Å²) in [5.41, 5.74) is 3.89. The van der Waals surface area contributed by atoms with Crippen LogP contribution in [0.15, 0.2) is 36.3 Å². The topological polar surface area (TPSA) is 35.2 Å². The summed E-state index contributed by atoms with van der Waals surface area (Å²) in [7, 11) is 1.40. The summed E-state index contributed by atoms with van der Waals surface area (Å²) < 4.78 is 40.4. The number of hydrogen-bond acceptors (Lipinski definition) is 2. The minimum atomic E-state index is -4.41. The molecule has 74 valence electrons. The van der Waals surface area contributed by atoms with Gasteiger partial charge in [0, 0.05) is 6.20 Å². The molecule has 0 atom stereocenters. The summed E-state index contributed by atoms with van der Waals surface area (Å²) in [6, 6.07) is 0. The molecule has 0 aromatic heterocycles. The summed E-state index contributed by atoms with van der Waals surface area (Å²) in [5.74, 6) is 0. The second kappa shape index (κ2) is 5.29. The number of hydrogen-bond donors (Lipinski definition) is 1. The maximum Gasteiger partial charge on any atom is 0.417 e. The van der Waals surface area contributed by atoms with E-state index in [1.807, 2.05) is 0 Å². The normalized spacial score (nSPS) is 14.3. The van der Waals surface area contributed by atoms with E-state index in [0.29, 0.717) is 6.20 Å². The van der Waals surface area contributed by atoms with Crippen molar-refractivity contribution in [3.8, 4) is 0 Å². The van der Waals surface area contributed by atoms with Crippen LogP contribution in [-0.4, -0.2) is 13.3 Å². The lowest BCUT2D eigenvalue weighted by atomic mass is 10.2. The fraction of sp³-hybridized carbons (Fsp3) is 0.250. The lowest BCUT2D eigenvalue weighted by molar-refractivity contribution is -0.0883. The van der Waals surface area contributed by atoms with E-state index in [4.69, 9.17) is 5.73 Å². The highest BCUT2D eigenvalue weighted by atomic mass is 19.4. The highest BCUT2D eigenvalue weighted by molar-refractivity contribution is 5.25. The Bertz CT molecular complexity index is 228. The average Bonchev–Trinajstić information content (AvgIpc) is 2.02. The smallest absolute Gasteiger partial charge is 0.417 e. The van der Waals surface area contributed by atoms with Crippen molar-refractivity contribution >= 4 is 0 Å². The lowest BCUT2D eigenvalue weighted by Crippen LogP contribution is -2.11. The Labute approximate surface area is 74.2 Å². The van der Waals surface area contributed by atoms with Gasteiger partial charge in [-0.15, -0.1) is 0 Å². The standard InChI is InChI=1S/C8H10F3NO/c1-13-5-3-2-4-7(6-12)8(9,10)11/h2-6H,12H2,1H3/b4-2-,5-3+,7-6-. The van der Waals surface area contributed by atoms with E-state index in [1.165, 1.54) is 25.5 Å². The first-order chi connectivity index (χ1) is 6.02. The molecule has 2 nitrogen and oxygen atoms in total. The van der Waals surface area contributed by atoms with Gasteiger partial charge in [0.2, 0.25) is 0 Å². The molecule has 0 aromatic rings. The second-order valence-corrected chi connectivity index (χ2v) is 2.04. The van der Waals surface area contributed by atoms with Gasteiger partial charge in [0.25, 0.3) is 0 Å². The summed E-state index contributed by atoms with van der Waals surface area (Å²) in [6.45, 7) is 0. The average molecular weight is 193 g/mol. The first-order valence-electron chi connectivity index (χ1n) is 3.37. The first kappa shape index (κ1) is 11.6. The molecule has 0 rings (SSSR count). The monoisotopic (exact) mass is 193 g/mol. The summed E-state index contributed by atoms with van der Waals surface area (Å²) in [5, 5.41) is 0. The van der Waals surface area contributed by atoms with Gasteiger partial charge in [-0.1, -0.05) is 6.08 Å². The number of rotatable bonds is 3. The molecule has 0 radical (unpaired) electrons. The van der Waals surface area contributed by atoms with Crippen LogP contribution in [0, 0.1) is 0 Å². The van der Waals surface area contributed by atoms with Crippen molar-refractivity contribution in [3.05, 3.63) is 36.3 Å². The predicted octanol–water partition coefficient (Wildman–Crippen LogP) is 2.11. The Kier molecular flexibility index (Phi) is 4.72. The Morgan fingerprint density at radius 2 is 1.92 bits per heavy atom. The molecule has 0 bridgehead atoms. The van der Waals surface area contributed by atoms with Crippen LogP contribution in [0.4, 0.5) is 13.2 Å². The van der Waals surface area contributed by atoms with Crippen molar-refractivity contribution in [1.82, 2.24) is 0 Å². The Morgan fingerprint density at radius 3 is 2.31 bits per heavy atom. The number of allylic oxidation sites excluding steroid dienone is 4. The molecule has 2 N–H and O–H groups in total. The first-order valence-corrected chi connectivity index (χ1v) is 3.37. The van der Waals surface area contributed by atoms with Crippen LogP contribution in [0.3, 0.4) is 0 Å². The largest absolute Gasteiger partial charge is 0.504 e. The van der Waals surface area contributed by atoms with Gasteiger partial charge in [0.1, 0.15) is 0 Å². The van der Waals surface area contributed by atoms with E-state index in [2.05, 4.69) is 4.74 Å². The third kappa shape index (κ3) is 4.95. The van der Waals surface area contributed by atoms with Crippen molar-refractivity contribution in [2.45, 2.75) is 6.18 Å². The van der Waals surface area contributed by atoms with Crippen molar-refractivity contribution in [1.29, 1.82) is 0 Å². The molecule has 0 heterocycles. The Balaban J connectivity index is 4.32. The molecule has 0 aliphatic carbocycles. The van der Waals surface area contributed by atoms with Crippen LogP contribution >= 0.6 is 0 Å². The molecule has 0 aromatic carbocycles. The summed E-state index contributed by atoms with van der Waals surface area (Å²) >= 11 is 0. The molecule has 0 saturated carbocycles. The van der Waals surface area contributed by atoms with Gasteiger partial charge in [-0.3, -0.25) is 0 Å². The number of ether oxygens (including phenoxy) is 1. The quantitative estimate of drug-likeness (QED) is 0.550. The zero-order valence-electron chi connectivity index (χ0n) is 7.01. The zero-order chi connectivity index (χ0) is 10.3. The molecule has 0 unspecified atom stereocenters. The van der Waals surface area contributed by atoms with E-state index < -0.39 is 11.7 Å². The van der Waals surface area contributed by atoms with Crippen molar-refractivity contribution in [2.24, 2.45) is 5.73 Å². The van der Waals surface area contributed by atoms with Crippen LogP contribution in [-0.2, 0) is 4.74 Å². The third-order valence-electron chi connectivity index (χ3n) is 1.11. The van der Waals surface area contributed by atoms with Gasteiger partial charge in [0.05, 0.1) is 18.9 Å². The molecule has 0 saturated heterocycles. The van der Waals surface area contributed by atoms with Crippen LogP contribution in [0.5, 0.6) is 0 Å². The zero-order valence-corrected chi connectivity index (χ0v) is 7.01. The lowest BCUT2D eigenvalue weighted by Gasteiger charge is -2.04. The summed E-state index contributed by atoms with van der Waals surface area (Å²) in [6.07, 6.45) is 0.727. The molecule has 0 spiro atoms. The minimum Gasteiger partial charge on any atom is -0.504 e. The molecule has 0 amide bonds. The van der Waals surface area contributed by atoms with Crippen LogP contribution in [0.25, 0.3) is 0 Å². The number of nitrogens with two attached hydrogens (primary N) is 1. The van der Waals surface area contributed by atoms with Crippen molar-refractivity contribution in [3.63, 3.8) is 0 Å². The fourth-order valence-electron chi connectivity index (χ4n) is 0.528. The number of alkyl halides is 3. The number of methoxy groups -OCH3 is 1. The fourth-order valence-corrected chi connectivity index (χ4v) is 0.528. The van der Waals surface area contributed by atoms with Gasteiger partial charge in [-0.25, -0.2) is 0 Å². The van der Waals surface area contributed by atoms with Crippen LogP contribution < -0.4 is 5.73 Å². The molecular formula is C8H10F3NO. The van der Waals surface area contributed by atoms with Crippen LogP contribution in [0.1, 0.15) is 0 Å². The van der Waals surface area contributed by atoms with E-state index in [1.54, 1.807) is 0 Å². The Hall–Kier alpha value is -1.39. The Morgan fingerprint density at radius 1 is 1.31 bits per heavy atom. The SMILES string of the molecule is CO/C=C/C=C\C(=C\N)C(F)(F)F. The predicted molar refractivity (Wildman–Crippen MR) is 43.6 cm³/mol. The van der Waals surface area contributed by atoms with Gasteiger partial charge >= 0.3 is 6.18 Å². The highest BCUT2D eigenvalue weighted by Crippen LogP contribution is 2.25. The van der Waals surface area contributed by atoms with E-state index in [9.17, 15) is 13.2 Å². The van der Waals surface area contributed by atoms with Gasteiger partial charge in [-0.2, -0.15) is 13.2 Å². The molecule has 0 aliphatic rings. The molecule has 13 heavy (non-hydrogen) atoms. The van der Waals surface area contributed by atoms with E-state index in [-0.39, 0.29) is 0 Å². The molecule has 5 heteroatoms. The second-order valence-electron chi connectivity index (χ2n) is 2.04. The molecular weight excluding hydrogens is 183 g/mol. The molecule has 0 aliphatic heterocycles.